The van der Waals surface area contributed by atoms with Crippen molar-refractivity contribution in [2.45, 2.75) is 126 Å². The van der Waals surface area contributed by atoms with Crippen LogP contribution in [0.3, 0.4) is 0 Å². The highest BCUT2D eigenvalue weighted by molar-refractivity contribution is 6.00. The standard InChI is InChI=1S/C40H65NO7/c1-23(2)25(5)35(7)16-17-37(9)27-14-15-30-36(8)20-46-22-40(30,28(27)18-31(43)39(37,11)32(35)34(44)45)19-29(48-26(6)42)33(36)47-21-38(10,24(3)4)41(12)13/h18,23-25,27,29-30,32-33H,14-17,19-22H2,1-13H3,(H,44,45)/t25-,27+,29-,30+,32-,33+,35-,36-,37-,38+,39+,40+/m1/s1. The molecule has 0 aromatic rings. The molecule has 1 saturated heterocycles. The summed E-state index contributed by atoms with van der Waals surface area (Å²) >= 11 is 0. The fourth-order valence-electron chi connectivity index (χ4n) is 12.0. The van der Waals surface area contributed by atoms with E-state index in [0.717, 1.165) is 31.3 Å². The minimum absolute atomic E-state index is 0.0385. The van der Waals surface area contributed by atoms with Crippen molar-refractivity contribution in [3.8, 4) is 0 Å². The molecule has 1 heterocycles. The zero-order chi connectivity index (χ0) is 36.0. The molecular formula is C40H65NO7. The first-order valence-corrected chi connectivity index (χ1v) is 18.6. The molecule has 3 saturated carbocycles. The Morgan fingerprint density at radius 3 is 2.25 bits per heavy atom. The molecule has 4 aliphatic carbocycles. The summed E-state index contributed by atoms with van der Waals surface area (Å²) in [6.45, 7) is 24.6. The first kappa shape index (κ1) is 37.5. The van der Waals surface area contributed by atoms with Crippen molar-refractivity contribution in [1.29, 1.82) is 0 Å². The van der Waals surface area contributed by atoms with Gasteiger partial charge < -0.3 is 24.2 Å². The number of ketones is 1. The van der Waals surface area contributed by atoms with Crippen LogP contribution in [0.25, 0.3) is 0 Å². The third-order valence-electron chi connectivity index (χ3n) is 16.1. The average molecular weight is 672 g/mol. The van der Waals surface area contributed by atoms with Gasteiger partial charge in [-0.2, -0.15) is 0 Å². The molecule has 2 bridgehead atoms. The van der Waals surface area contributed by atoms with E-state index in [9.17, 15) is 19.5 Å². The Kier molecular flexibility index (Phi) is 9.51. The highest BCUT2D eigenvalue weighted by atomic mass is 16.6. The zero-order valence-electron chi connectivity index (χ0n) is 32.2. The summed E-state index contributed by atoms with van der Waals surface area (Å²) in [5, 5.41) is 11.0. The Labute approximate surface area is 290 Å². The third kappa shape index (κ3) is 5.03. The van der Waals surface area contributed by atoms with Crippen LogP contribution in [0, 0.1) is 62.6 Å². The van der Waals surface area contributed by atoms with E-state index in [2.05, 4.69) is 81.3 Å². The second kappa shape index (κ2) is 12.2. The minimum atomic E-state index is -1.05. The lowest BCUT2D eigenvalue weighted by atomic mass is 9.34. The van der Waals surface area contributed by atoms with Gasteiger partial charge >= 0.3 is 11.9 Å². The van der Waals surface area contributed by atoms with Crippen molar-refractivity contribution in [2.24, 2.45) is 62.6 Å². The molecule has 1 aliphatic heterocycles. The molecule has 0 amide bonds. The Morgan fingerprint density at radius 1 is 1.06 bits per heavy atom. The Balaban J connectivity index is 1.61. The molecule has 272 valence electrons. The number of carboxylic acids is 1. The lowest BCUT2D eigenvalue weighted by molar-refractivity contribution is -0.270. The number of esters is 1. The zero-order valence-corrected chi connectivity index (χ0v) is 32.2. The van der Waals surface area contributed by atoms with E-state index in [0.29, 0.717) is 38.1 Å². The van der Waals surface area contributed by atoms with E-state index in [1.54, 1.807) is 0 Å². The summed E-state index contributed by atoms with van der Waals surface area (Å²) in [5.41, 5.74) is -2.15. The number of carboxylic acid groups (broad SMARTS) is 1. The van der Waals surface area contributed by atoms with Crippen LogP contribution in [-0.2, 0) is 28.6 Å². The van der Waals surface area contributed by atoms with Gasteiger partial charge in [0.05, 0.1) is 25.7 Å². The normalized spacial score (nSPS) is 44.3. The van der Waals surface area contributed by atoms with E-state index >= 15 is 0 Å². The molecule has 5 aliphatic rings. The van der Waals surface area contributed by atoms with Gasteiger partial charge in [0.15, 0.2) is 5.78 Å². The first-order chi connectivity index (χ1) is 22.1. The van der Waals surface area contributed by atoms with Crippen LogP contribution in [0.5, 0.6) is 0 Å². The van der Waals surface area contributed by atoms with E-state index in [1.807, 2.05) is 13.0 Å². The van der Waals surface area contributed by atoms with Crippen LogP contribution in [0.1, 0.15) is 108 Å². The maximum atomic E-state index is 14.9. The molecule has 0 spiro atoms. The smallest absolute Gasteiger partial charge is 0.308 e. The summed E-state index contributed by atoms with van der Waals surface area (Å²) in [6, 6.07) is 0. The number of aliphatic carboxylic acids is 1. The molecule has 0 aromatic carbocycles. The molecule has 8 nitrogen and oxygen atoms in total. The quantitative estimate of drug-likeness (QED) is 0.260. The number of fused-ring (bicyclic) bond motifs is 3. The Bertz CT molecular complexity index is 1330. The van der Waals surface area contributed by atoms with E-state index in [1.165, 1.54) is 6.92 Å². The molecular weight excluding hydrogens is 606 g/mol. The number of allylic oxidation sites excluding steroid dienone is 1. The third-order valence-corrected chi connectivity index (χ3v) is 16.1. The minimum Gasteiger partial charge on any atom is -0.481 e. The fraction of sp³-hybridized carbons (Fsp3) is 0.875. The number of hydrogen-bond donors (Lipinski definition) is 1. The van der Waals surface area contributed by atoms with Gasteiger partial charge in [-0.25, -0.2) is 0 Å². The van der Waals surface area contributed by atoms with E-state index < -0.39 is 45.1 Å². The van der Waals surface area contributed by atoms with Crippen LogP contribution >= 0.6 is 0 Å². The first-order valence-electron chi connectivity index (χ1n) is 18.6. The van der Waals surface area contributed by atoms with Crippen molar-refractivity contribution >= 4 is 17.7 Å². The Morgan fingerprint density at radius 2 is 1.71 bits per heavy atom. The van der Waals surface area contributed by atoms with Crippen molar-refractivity contribution in [3.63, 3.8) is 0 Å². The molecule has 8 heteroatoms. The van der Waals surface area contributed by atoms with Crippen LogP contribution < -0.4 is 0 Å². The van der Waals surface area contributed by atoms with E-state index in [4.69, 9.17) is 14.2 Å². The molecule has 5 rings (SSSR count). The number of hydrogen-bond acceptors (Lipinski definition) is 7. The highest BCUT2D eigenvalue weighted by Gasteiger charge is 2.74. The second-order valence-electron chi connectivity index (χ2n) is 18.7. The monoisotopic (exact) mass is 671 g/mol. The topological polar surface area (TPSA) is 102 Å². The second-order valence-corrected chi connectivity index (χ2v) is 18.7. The number of ether oxygens (including phenoxy) is 3. The largest absolute Gasteiger partial charge is 0.481 e. The van der Waals surface area contributed by atoms with Gasteiger partial charge in [-0.15, -0.1) is 0 Å². The average Bonchev–Trinajstić information content (AvgIpc) is 2.97. The number of carbonyl (C=O) groups is 3. The van der Waals surface area contributed by atoms with Crippen molar-refractivity contribution < 1.29 is 33.7 Å². The number of rotatable bonds is 9. The van der Waals surface area contributed by atoms with Crippen LogP contribution in [0.15, 0.2) is 11.6 Å². The molecule has 0 radical (unpaired) electrons. The van der Waals surface area contributed by atoms with Crippen LogP contribution in [-0.4, -0.2) is 79.4 Å². The molecule has 48 heavy (non-hydrogen) atoms. The predicted octanol–water partition coefficient (Wildman–Crippen LogP) is 7.05. The number of nitrogens with zero attached hydrogens (tertiary/aromatic N) is 1. The summed E-state index contributed by atoms with van der Waals surface area (Å²) in [6.07, 6.45) is 4.93. The summed E-state index contributed by atoms with van der Waals surface area (Å²) < 4.78 is 19.7. The van der Waals surface area contributed by atoms with Gasteiger partial charge in [0.1, 0.15) is 12.2 Å². The molecule has 0 unspecified atom stereocenters. The maximum absolute atomic E-state index is 14.9. The summed E-state index contributed by atoms with van der Waals surface area (Å²) in [7, 11) is 4.16. The fourth-order valence-corrected chi connectivity index (χ4v) is 12.0. The van der Waals surface area contributed by atoms with Crippen molar-refractivity contribution in [3.05, 3.63) is 11.6 Å². The van der Waals surface area contributed by atoms with Crippen molar-refractivity contribution in [2.75, 3.05) is 33.9 Å². The molecule has 4 fully saturated rings. The molecule has 12 atom stereocenters. The van der Waals surface area contributed by atoms with Crippen LogP contribution in [0.2, 0.25) is 0 Å². The van der Waals surface area contributed by atoms with Gasteiger partial charge in [0.25, 0.3) is 0 Å². The molecule has 0 aromatic heterocycles. The van der Waals surface area contributed by atoms with Gasteiger partial charge in [-0.3, -0.25) is 14.4 Å². The predicted molar refractivity (Wildman–Crippen MR) is 186 cm³/mol. The summed E-state index contributed by atoms with van der Waals surface area (Å²) in [5.74, 6) is -1.06. The van der Waals surface area contributed by atoms with Gasteiger partial charge in [0, 0.05) is 28.7 Å². The van der Waals surface area contributed by atoms with Crippen LogP contribution in [0.4, 0.5) is 0 Å². The van der Waals surface area contributed by atoms with Gasteiger partial charge in [0.2, 0.25) is 0 Å². The molecule has 1 N–H and O–H groups in total. The maximum Gasteiger partial charge on any atom is 0.308 e. The lowest BCUT2D eigenvalue weighted by Gasteiger charge is -2.70. The number of likely N-dealkylation sites (N-methyl/N-ethyl adjacent to an activating group) is 1. The highest BCUT2D eigenvalue weighted by Crippen LogP contribution is 2.74. The number of carbonyl (C=O) groups excluding carboxylic acids is 2. The van der Waals surface area contributed by atoms with E-state index in [-0.39, 0.29) is 41.1 Å². The SMILES string of the molecule is CC(=O)O[C@@H]1C[C@@]23COC[C@](C)([C@@H]2CC[C@H]2C3=CC(=O)[C@@]3(C)[C@H](C(=O)O)[C@@](C)([C@H](C)C(C)C)CC[C@]23C)[C@H]1OC[C@@](C)(C(C)C)N(C)C. The van der Waals surface area contributed by atoms with Crippen molar-refractivity contribution in [1.82, 2.24) is 4.90 Å². The van der Waals surface area contributed by atoms with Gasteiger partial charge in [-0.1, -0.05) is 67.9 Å². The van der Waals surface area contributed by atoms with Gasteiger partial charge in [-0.05, 0) is 99.6 Å². The summed E-state index contributed by atoms with van der Waals surface area (Å²) in [4.78, 5) is 43.2. The Hall–Kier alpha value is -1.77. The lowest BCUT2D eigenvalue weighted by Crippen LogP contribution is -2.71.